The molecule has 204 valence electrons. The first kappa shape index (κ1) is 29.3. The van der Waals surface area contributed by atoms with Crippen LogP contribution in [0.1, 0.15) is 100.0 Å². The molecule has 37 heavy (non-hydrogen) atoms. The Kier molecular flexibility index (Phi) is 8.76. The SMILES string of the molecule is CC1(C)OB(C2=CCN=C2)OC1(C)C.CC1(C)OB(c2cnn(C3CCC3)c2)OC1(C)C.IC1CCC1. The highest BCUT2D eigenvalue weighted by atomic mass is 127. The Morgan fingerprint density at radius 1 is 0.811 bits per heavy atom. The van der Waals surface area contributed by atoms with Crippen LogP contribution in [0.5, 0.6) is 0 Å². The number of halogens is 1. The monoisotopic (exact) mass is 623 g/mol. The van der Waals surface area contributed by atoms with Crippen LogP contribution in [0.3, 0.4) is 0 Å². The Morgan fingerprint density at radius 2 is 1.30 bits per heavy atom. The molecule has 2 saturated carbocycles. The average molecular weight is 623 g/mol. The number of aliphatic imine (C=N–C) groups is 1. The van der Waals surface area contributed by atoms with Crippen LogP contribution in [0.15, 0.2) is 28.9 Å². The van der Waals surface area contributed by atoms with E-state index in [1.807, 2.05) is 18.5 Å². The molecular formula is C27H44B2IN3O4. The van der Waals surface area contributed by atoms with Crippen LogP contribution in [0, 0.1) is 0 Å². The van der Waals surface area contributed by atoms with Gasteiger partial charge in [-0.05, 0) is 93.0 Å². The van der Waals surface area contributed by atoms with Gasteiger partial charge in [0.05, 0.1) is 35.0 Å². The van der Waals surface area contributed by atoms with Gasteiger partial charge in [0.1, 0.15) is 0 Å². The lowest BCUT2D eigenvalue weighted by Crippen LogP contribution is -2.41. The number of alkyl halides is 1. The third-order valence-corrected chi connectivity index (χ3v) is 10.1. The lowest BCUT2D eigenvalue weighted by Gasteiger charge is -2.32. The summed E-state index contributed by atoms with van der Waals surface area (Å²) in [6.45, 7) is 17.3. The van der Waals surface area contributed by atoms with Gasteiger partial charge in [-0.2, -0.15) is 5.10 Å². The molecule has 7 nitrogen and oxygen atoms in total. The maximum absolute atomic E-state index is 6.02. The Labute approximate surface area is 237 Å². The molecule has 10 heteroatoms. The summed E-state index contributed by atoms with van der Waals surface area (Å²) in [5, 5.41) is 4.43. The van der Waals surface area contributed by atoms with Crippen LogP contribution in [0.4, 0.5) is 0 Å². The van der Waals surface area contributed by atoms with Crippen molar-refractivity contribution in [2.75, 3.05) is 6.54 Å². The zero-order chi connectivity index (χ0) is 27.1. The van der Waals surface area contributed by atoms with Gasteiger partial charge >= 0.3 is 14.2 Å². The van der Waals surface area contributed by atoms with E-state index in [4.69, 9.17) is 18.6 Å². The molecule has 0 aromatic carbocycles. The molecule has 0 spiro atoms. The summed E-state index contributed by atoms with van der Waals surface area (Å²) in [4.78, 5) is 4.13. The molecule has 4 heterocycles. The summed E-state index contributed by atoms with van der Waals surface area (Å²) in [7, 11) is -0.532. The molecule has 5 aliphatic rings. The van der Waals surface area contributed by atoms with Crippen molar-refractivity contribution in [3.05, 3.63) is 23.9 Å². The summed E-state index contributed by atoms with van der Waals surface area (Å²) in [6.07, 6.45) is 16.1. The van der Waals surface area contributed by atoms with E-state index in [-0.39, 0.29) is 36.6 Å². The summed E-state index contributed by atoms with van der Waals surface area (Å²) in [6, 6.07) is 0.584. The summed E-state index contributed by atoms with van der Waals surface area (Å²) >= 11 is 2.49. The molecule has 0 radical (unpaired) electrons. The molecule has 2 aliphatic carbocycles. The number of hydrogen-bond donors (Lipinski definition) is 0. The predicted molar refractivity (Wildman–Crippen MR) is 160 cm³/mol. The van der Waals surface area contributed by atoms with E-state index >= 15 is 0 Å². The van der Waals surface area contributed by atoms with Crippen molar-refractivity contribution >= 4 is 48.5 Å². The minimum absolute atomic E-state index is 0.244. The number of hydrogen-bond acceptors (Lipinski definition) is 6. The molecule has 0 unspecified atom stereocenters. The van der Waals surface area contributed by atoms with E-state index in [0.29, 0.717) is 6.04 Å². The van der Waals surface area contributed by atoms with Crippen LogP contribution in [0.25, 0.3) is 0 Å². The van der Waals surface area contributed by atoms with Crippen molar-refractivity contribution in [2.24, 2.45) is 4.99 Å². The molecule has 4 fully saturated rings. The van der Waals surface area contributed by atoms with Gasteiger partial charge in [-0.15, -0.1) is 0 Å². The highest BCUT2D eigenvalue weighted by Gasteiger charge is 2.53. The minimum atomic E-state index is -0.288. The normalized spacial score (nSPS) is 27.0. The average Bonchev–Trinajstić information content (AvgIpc) is 3.48. The highest BCUT2D eigenvalue weighted by Crippen LogP contribution is 2.39. The van der Waals surface area contributed by atoms with E-state index in [2.05, 4.69) is 99.0 Å². The molecule has 0 bridgehead atoms. The topological polar surface area (TPSA) is 67.1 Å². The zero-order valence-corrected chi connectivity index (χ0v) is 26.1. The number of aromatic nitrogens is 2. The molecule has 2 saturated heterocycles. The van der Waals surface area contributed by atoms with Crippen molar-refractivity contribution in [3.63, 3.8) is 0 Å². The second-order valence-electron chi connectivity index (χ2n) is 12.7. The largest absolute Gasteiger partial charge is 0.498 e. The van der Waals surface area contributed by atoms with Crippen LogP contribution in [0.2, 0.25) is 0 Å². The van der Waals surface area contributed by atoms with Crippen molar-refractivity contribution in [1.29, 1.82) is 0 Å². The molecule has 6 rings (SSSR count). The van der Waals surface area contributed by atoms with Crippen LogP contribution < -0.4 is 5.46 Å². The summed E-state index contributed by atoms with van der Waals surface area (Å²) < 4.78 is 26.9. The van der Waals surface area contributed by atoms with Crippen LogP contribution in [-0.4, -0.2) is 63.1 Å². The van der Waals surface area contributed by atoms with Gasteiger partial charge < -0.3 is 18.6 Å². The third kappa shape index (κ3) is 6.56. The van der Waals surface area contributed by atoms with E-state index < -0.39 is 0 Å². The maximum atomic E-state index is 6.02. The van der Waals surface area contributed by atoms with Gasteiger partial charge in [0, 0.05) is 28.0 Å². The first-order valence-electron chi connectivity index (χ1n) is 13.8. The predicted octanol–water partition coefficient (Wildman–Crippen LogP) is 5.51. The minimum Gasteiger partial charge on any atom is -0.399 e. The Bertz CT molecular complexity index is 968. The smallest absolute Gasteiger partial charge is 0.399 e. The molecular weight excluding hydrogens is 579 g/mol. The van der Waals surface area contributed by atoms with E-state index in [1.54, 1.807) is 0 Å². The molecule has 1 aromatic rings. The van der Waals surface area contributed by atoms with Gasteiger partial charge in [0.15, 0.2) is 0 Å². The van der Waals surface area contributed by atoms with Gasteiger partial charge in [-0.3, -0.25) is 9.67 Å². The number of rotatable bonds is 3. The third-order valence-electron chi connectivity index (χ3n) is 8.83. The van der Waals surface area contributed by atoms with Gasteiger partial charge in [0.25, 0.3) is 0 Å². The maximum Gasteiger partial charge on any atom is 0.498 e. The molecule has 3 aliphatic heterocycles. The van der Waals surface area contributed by atoms with Crippen LogP contribution >= 0.6 is 22.6 Å². The van der Waals surface area contributed by atoms with Crippen molar-refractivity contribution in [1.82, 2.24) is 9.78 Å². The molecule has 0 N–H and O–H groups in total. The fourth-order valence-corrected chi connectivity index (χ4v) is 5.05. The first-order chi connectivity index (χ1) is 17.2. The number of allylic oxidation sites excluding steroid dienone is 1. The standard InChI is InChI=1S/C13H21BN2O2.C10H16BNO2.C4H7I/c1-12(2)13(3,4)18-14(17-12)10-8-15-16(9-10)11-6-5-7-11;1-9(2)10(3,4)14-11(13-9)8-5-6-12-7-8;5-4-2-1-3-4/h8-9,11H,5-7H2,1-4H3;5,7H,6H2,1-4H3;4H,1-3H2. The highest BCUT2D eigenvalue weighted by molar-refractivity contribution is 14.1. The summed E-state index contributed by atoms with van der Waals surface area (Å²) in [5.41, 5.74) is 1.00. The molecule has 1 aromatic heterocycles. The fourth-order valence-electron chi connectivity index (χ4n) is 4.17. The van der Waals surface area contributed by atoms with Gasteiger partial charge in [-0.1, -0.05) is 35.1 Å². The number of nitrogens with zero attached hydrogens (tertiary/aromatic N) is 3. The second kappa shape index (κ2) is 11.1. The van der Waals surface area contributed by atoms with E-state index in [9.17, 15) is 0 Å². The Balaban J connectivity index is 0.000000149. The lowest BCUT2D eigenvalue weighted by molar-refractivity contribution is 0.00578. The van der Waals surface area contributed by atoms with E-state index in [1.165, 1.54) is 38.5 Å². The Hall–Kier alpha value is -0.680. The Morgan fingerprint density at radius 3 is 1.68 bits per heavy atom. The fraction of sp³-hybridized carbons (Fsp3) is 0.778. The van der Waals surface area contributed by atoms with E-state index in [0.717, 1.165) is 21.4 Å². The van der Waals surface area contributed by atoms with Crippen LogP contribution in [-0.2, 0) is 18.6 Å². The molecule has 0 atom stereocenters. The lowest BCUT2D eigenvalue weighted by atomic mass is 9.79. The van der Waals surface area contributed by atoms with Gasteiger partial charge in [0.2, 0.25) is 0 Å². The quantitative estimate of drug-likeness (QED) is 0.253. The van der Waals surface area contributed by atoms with Crippen molar-refractivity contribution in [2.45, 2.75) is 126 Å². The summed E-state index contributed by atoms with van der Waals surface area (Å²) in [5.74, 6) is 0. The second-order valence-corrected chi connectivity index (χ2v) is 14.5. The molecule has 0 amide bonds. The van der Waals surface area contributed by atoms with Crippen molar-refractivity contribution < 1.29 is 18.6 Å². The van der Waals surface area contributed by atoms with Gasteiger partial charge in [-0.25, -0.2) is 0 Å². The zero-order valence-electron chi connectivity index (χ0n) is 23.9. The first-order valence-corrected chi connectivity index (χ1v) is 15.0. The van der Waals surface area contributed by atoms with Crippen molar-refractivity contribution in [3.8, 4) is 0 Å².